The van der Waals surface area contributed by atoms with Crippen molar-refractivity contribution >= 4 is 17.6 Å². The summed E-state index contributed by atoms with van der Waals surface area (Å²) >= 11 is 0. The van der Waals surface area contributed by atoms with E-state index in [9.17, 15) is 19.8 Å². The maximum absolute atomic E-state index is 12.6. The first-order chi connectivity index (χ1) is 16.7. The topological polar surface area (TPSA) is 109 Å². The Bertz CT molecular complexity index is 933. The van der Waals surface area contributed by atoms with Crippen LogP contribution in [0.5, 0.6) is 0 Å². The molecule has 0 aromatic rings. The summed E-state index contributed by atoms with van der Waals surface area (Å²) in [5.74, 6) is 1.09. The predicted molar refractivity (Wildman–Crippen MR) is 129 cm³/mol. The average Bonchev–Trinajstić information content (AvgIpc) is 3.38. The van der Waals surface area contributed by atoms with Gasteiger partial charge in [0, 0.05) is 13.0 Å². The van der Waals surface area contributed by atoms with Crippen LogP contribution in [0.2, 0.25) is 0 Å². The van der Waals surface area contributed by atoms with E-state index in [0.29, 0.717) is 17.8 Å². The van der Waals surface area contributed by atoms with E-state index < -0.39 is 18.1 Å². The molecule has 8 atom stereocenters. The van der Waals surface area contributed by atoms with Gasteiger partial charge in [-0.25, -0.2) is 4.79 Å². The number of carbonyl (C=O) groups excluding carboxylic acids is 2. The van der Waals surface area contributed by atoms with Crippen LogP contribution in [0, 0.1) is 28.6 Å². The second-order valence-corrected chi connectivity index (χ2v) is 12.0. The molecule has 0 radical (unpaired) electrons. The molecule has 0 bridgehead atoms. The Labute approximate surface area is 207 Å². The van der Waals surface area contributed by atoms with Crippen LogP contribution in [0.1, 0.15) is 71.6 Å². The van der Waals surface area contributed by atoms with Crippen LogP contribution in [0.15, 0.2) is 16.8 Å². The zero-order chi connectivity index (χ0) is 25.0. The molecular weight excluding hydrogens is 448 g/mol. The molecule has 194 valence electrons. The van der Waals surface area contributed by atoms with Crippen molar-refractivity contribution in [1.82, 2.24) is 4.90 Å². The van der Waals surface area contributed by atoms with E-state index in [1.165, 1.54) is 30.4 Å². The number of amides is 1. The molecule has 0 spiro atoms. The number of rotatable bonds is 4. The standard InChI is InChI=1S/C27H40N2O6/c1-26-10-8-17(28-35-15-24(32)29-14-18(30)13-22(29)25(33)34-3)12-16(26)4-5-19-20-6-7-23(31)27(20,2)11-9-21(19)26/h12,18-23,30-31H,4-11,13-15H2,1-3H3/b28-17-/t18-,19-,20-,21-,22+,23-,26-,27-/m0/s1. The monoisotopic (exact) mass is 488 g/mol. The zero-order valence-electron chi connectivity index (χ0n) is 21.2. The van der Waals surface area contributed by atoms with Crippen molar-refractivity contribution in [2.24, 2.45) is 33.7 Å². The molecule has 3 saturated carbocycles. The predicted octanol–water partition coefficient (Wildman–Crippen LogP) is 2.82. The molecule has 2 N–H and O–H groups in total. The minimum atomic E-state index is -0.773. The van der Waals surface area contributed by atoms with Gasteiger partial charge in [0.25, 0.3) is 5.91 Å². The smallest absolute Gasteiger partial charge is 0.328 e. The molecule has 5 aliphatic rings. The van der Waals surface area contributed by atoms with Crippen LogP contribution in [-0.2, 0) is 19.2 Å². The minimum Gasteiger partial charge on any atom is -0.467 e. The number of likely N-dealkylation sites (tertiary alicyclic amines) is 1. The van der Waals surface area contributed by atoms with Gasteiger partial charge in [-0.15, -0.1) is 0 Å². The fourth-order valence-corrected chi connectivity index (χ4v) is 8.32. The van der Waals surface area contributed by atoms with Crippen LogP contribution in [0.3, 0.4) is 0 Å². The molecule has 1 heterocycles. The van der Waals surface area contributed by atoms with E-state index in [2.05, 4.69) is 25.1 Å². The highest BCUT2D eigenvalue weighted by Gasteiger charge is 2.58. The summed E-state index contributed by atoms with van der Waals surface area (Å²) in [6.07, 6.45) is 9.99. The second-order valence-electron chi connectivity index (χ2n) is 12.0. The third-order valence-electron chi connectivity index (χ3n) is 10.4. The Balaban J connectivity index is 1.23. The Hall–Kier alpha value is -1.93. The minimum absolute atomic E-state index is 0.0959. The first-order valence-electron chi connectivity index (χ1n) is 13.3. The van der Waals surface area contributed by atoms with Gasteiger partial charge in [-0.2, -0.15) is 0 Å². The number of β-amino-alcohol motifs (C(OH)–C–C–N with tert-alkyl or cyclic N) is 1. The Kier molecular flexibility index (Phi) is 6.49. The van der Waals surface area contributed by atoms with Crippen LogP contribution >= 0.6 is 0 Å². The van der Waals surface area contributed by atoms with E-state index in [0.717, 1.165) is 44.2 Å². The third-order valence-corrected chi connectivity index (χ3v) is 10.4. The molecule has 4 aliphatic carbocycles. The molecular formula is C27H40N2O6. The van der Waals surface area contributed by atoms with Gasteiger partial charge in [0.2, 0.25) is 0 Å². The molecule has 1 saturated heterocycles. The highest BCUT2D eigenvalue weighted by molar-refractivity contribution is 5.96. The number of nitrogens with zero attached hydrogens (tertiary/aromatic N) is 2. The van der Waals surface area contributed by atoms with Crippen LogP contribution < -0.4 is 0 Å². The average molecular weight is 489 g/mol. The largest absolute Gasteiger partial charge is 0.467 e. The van der Waals surface area contributed by atoms with Crippen LogP contribution in [0.25, 0.3) is 0 Å². The van der Waals surface area contributed by atoms with Crippen LogP contribution in [0.4, 0.5) is 0 Å². The summed E-state index contributed by atoms with van der Waals surface area (Å²) < 4.78 is 4.76. The molecule has 8 heteroatoms. The fourth-order valence-electron chi connectivity index (χ4n) is 8.32. The molecule has 1 amide bonds. The highest BCUT2D eigenvalue weighted by Crippen LogP contribution is 2.65. The van der Waals surface area contributed by atoms with Crippen LogP contribution in [-0.4, -0.2) is 71.2 Å². The van der Waals surface area contributed by atoms with Gasteiger partial charge in [0.1, 0.15) is 6.04 Å². The van der Waals surface area contributed by atoms with Gasteiger partial charge in [-0.1, -0.05) is 24.6 Å². The van der Waals surface area contributed by atoms with Gasteiger partial charge in [-0.05, 0) is 86.0 Å². The first-order valence-corrected chi connectivity index (χ1v) is 13.3. The number of aliphatic hydroxyl groups excluding tert-OH is 2. The number of aliphatic hydroxyl groups is 2. The maximum Gasteiger partial charge on any atom is 0.328 e. The lowest BCUT2D eigenvalue weighted by atomic mass is 9.47. The summed E-state index contributed by atoms with van der Waals surface area (Å²) in [7, 11) is 1.28. The third kappa shape index (κ3) is 4.10. The Morgan fingerprint density at radius 2 is 1.91 bits per heavy atom. The molecule has 5 rings (SSSR count). The summed E-state index contributed by atoms with van der Waals surface area (Å²) in [6.45, 7) is 4.58. The van der Waals surface area contributed by atoms with Gasteiger partial charge in [-0.3, -0.25) is 4.79 Å². The molecule has 35 heavy (non-hydrogen) atoms. The van der Waals surface area contributed by atoms with Crippen molar-refractivity contribution in [3.8, 4) is 0 Å². The molecule has 1 aliphatic heterocycles. The summed E-state index contributed by atoms with van der Waals surface area (Å²) in [5, 5.41) is 24.8. The van der Waals surface area contributed by atoms with Gasteiger partial charge in [0.15, 0.2) is 6.61 Å². The van der Waals surface area contributed by atoms with E-state index >= 15 is 0 Å². The van der Waals surface area contributed by atoms with Gasteiger partial charge < -0.3 is 24.7 Å². The lowest BCUT2D eigenvalue weighted by Gasteiger charge is -2.57. The van der Waals surface area contributed by atoms with Gasteiger partial charge >= 0.3 is 5.97 Å². The molecule has 8 nitrogen and oxygen atoms in total. The number of carbonyl (C=O) groups is 2. The van der Waals surface area contributed by atoms with E-state index in [4.69, 9.17) is 9.57 Å². The lowest BCUT2D eigenvalue weighted by Crippen LogP contribution is -2.51. The highest BCUT2D eigenvalue weighted by atomic mass is 16.6. The summed E-state index contributed by atoms with van der Waals surface area (Å²) in [4.78, 5) is 31.3. The van der Waals surface area contributed by atoms with Gasteiger partial charge in [0.05, 0.1) is 25.0 Å². The van der Waals surface area contributed by atoms with Crippen molar-refractivity contribution < 1.29 is 29.4 Å². The lowest BCUT2D eigenvalue weighted by molar-refractivity contribution is -0.152. The maximum atomic E-state index is 12.6. The SMILES string of the molecule is COC(=O)[C@H]1C[C@H](O)CN1C(=O)CO/N=C1\C=C2CC[C@H]3[C@@H]4CC[C@H](O)[C@@]4(C)CC[C@@H]3[C@@]2(C)CC1. The van der Waals surface area contributed by atoms with Crippen molar-refractivity contribution in [3.63, 3.8) is 0 Å². The first kappa shape index (κ1) is 24.8. The normalized spacial score (nSPS) is 43.7. The fraction of sp³-hybridized carbons (Fsp3) is 0.815. The summed E-state index contributed by atoms with van der Waals surface area (Å²) in [6, 6.07) is -0.773. The molecule has 0 unspecified atom stereocenters. The van der Waals surface area contributed by atoms with Crippen molar-refractivity contribution in [2.45, 2.75) is 89.9 Å². The quantitative estimate of drug-likeness (QED) is 0.465. The summed E-state index contributed by atoms with van der Waals surface area (Å²) in [5.41, 5.74) is 2.59. The number of fused-ring (bicyclic) bond motifs is 5. The molecule has 4 fully saturated rings. The number of methoxy groups -OCH3 is 1. The van der Waals surface area contributed by atoms with E-state index in [-0.39, 0.29) is 42.4 Å². The number of hydrogen-bond donors (Lipinski definition) is 2. The number of hydrogen-bond acceptors (Lipinski definition) is 7. The number of esters is 1. The second kappa shape index (κ2) is 9.18. The van der Waals surface area contributed by atoms with Crippen molar-refractivity contribution in [2.75, 3.05) is 20.3 Å². The zero-order valence-corrected chi connectivity index (χ0v) is 21.2. The van der Waals surface area contributed by atoms with Crippen molar-refractivity contribution in [1.29, 1.82) is 0 Å². The number of allylic oxidation sites excluding steroid dienone is 2. The Morgan fingerprint density at radius 3 is 2.69 bits per heavy atom. The van der Waals surface area contributed by atoms with Crippen molar-refractivity contribution in [3.05, 3.63) is 11.6 Å². The number of ether oxygens (including phenoxy) is 1. The number of oxime groups is 1. The Morgan fingerprint density at radius 1 is 1.11 bits per heavy atom. The van der Waals surface area contributed by atoms with E-state index in [1.807, 2.05) is 0 Å². The molecule has 0 aromatic heterocycles. The molecule has 0 aromatic carbocycles. The van der Waals surface area contributed by atoms with E-state index in [1.54, 1.807) is 0 Å².